The standard InChI is InChI=1S/C23H29N3O3S/c1-7-28-20(27)10-18-22(30-23(4,5)6)21-15(3)19(9-8-17(21)26-18)29-13-16-12-24-14(2)11-25-16/h8-9,11-12,26H,7,10,13H2,1-6H3. The molecule has 2 heterocycles. The molecule has 6 nitrogen and oxygen atoms in total. The minimum Gasteiger partial charge on any atom is -0.487 e. The van der Waals surface area contributed by atoms with Gasteiger partial charge in [0.25, 0.3) is 0 Å². The van der Waals surface area contributed by atoms with Crippen LogP contribution in [0.2, 0.25) is 0 Å². The molecule has 0 atom stereocenters. The van der Waals surface area contributed by atoms with E-state index in [-0.39, 0.29) is 17.1 Å². The Morgan fingerprint density at radius 2 is 1.93 bits per heavy atom. The van der Waals surface area contributed by atoms with Crippen molar-refractivity contribution in [1.82, 2.24) is 15.0 Å². The molecule has 0 saturated heterocycles. The minimum absolute atomic E-state index is 0.0146. The van der Waals surface area contributed by atoms with Crippen LogP contribution in [0.25, 0.3) is 10.9 Å². The maximum absolute atomic E-state index is 12.2. The number of carbonyl (C=O) groups excluding carboxylic acids is 1. The number of H-pyrrole nitrogens is 1. The highest BCUT2D eigenvalue weighted by Gasteiger charge is 2.23. The summed E-state index contributed by atoms with van der Waals surface area (Å²) in [4.78, 5) is 25.3. The van der Waals surface area contributed by atoms with Gasteiger partial charge in [-0.1, -0.05) is 20.8 Å². The van der Waals surface area contributed by atoms with Gasteiger partial charge in [0.05, 0.1) is 30.6 Å². The molecule has 1 aromatic carbocycles. The first-order valence-electron chi connectivity index (χ1n) is 10.1. The lowest BCUT2D eigenvalue weighted by Gasteiger charge is -2.19. The van der Waals surface area contributed by atoms with Crippen molar-refractivity contribution in [3.8, 4) is 5.75 Å². The van der Waals surface area contributed by atoms with Gasteiger partial charge in [0.2, 0.25) is 0 Å². The third-order valence-electron chi connectivity index (χ3n) is 4.45. The van der Waals surface area contributed by atoms with E-state index >= 15 is 0 Å². The van der Waals surface area contributed by atoms with Gasteiger partial charge in [-0.2, -0.15) is 0 Å². The largest absolute Gasteiger partial charge is 0.487 e. The Hall–Kier alpha value is -2.54. The average molecular weight is 428 g/mol. The van der Waals surface area contributed by atoms with E-state index in [0.29, 0.717) is 13.2 Å². The van der Waals surface area contributed by atoms with E-state index < -0.39 is 0 Å². The van der Waals surface area contributed by atoms with E-state index in [1.807, 2.05) is 32.9 Å². The summed E-state index contributed by atoms with van der Waals surface area (Å²) in [5.74, 6) is 0.564. The van der Waals surface area contributed by atoms with Gasteiger partial charge >= 0.3 is 5.97 Å². The maximum Gasteiger partial charge on any atom is 0.311 e. The number of esters is 1. The number of benzene rings is 1. The van der Waals surface area contributed by atoms with E-state index in [0.717, 1.165) is 44.2 Å². The molecule has 0 bridgehead atoms. The fourth-order valence-electron chi connectivity index (χ4n) is 3.16. The van der Waals surface area contributed by atoms with Crippen molar-refractivity contribution in [1.29, 1.82) is 0 Å². The van der Waals surface area contributed by atoms with Crippen molar-refractivity contribution in [2.75, 3.05) is 6.61 Å². The van der Waals surface area contributed by atoms with Gasteiger partial charge in [-0.15, -0.1) is 11.8 Å². The van der Waals surface area contributed by atoms with Gasteiger partial charge in [-0.3, -0.25) is 14.8 Å². The Morgan fingerprint density at radius 3 is 2.57 bits per heavy atom. The quantitative estimate of drug-likeness (QED) is 0.415. The maximum atomic E-state index is 12.2. The van der Waals surface area contributed by atoms with Crippen LogP contribution in [0.3, 0.4) is 0 Å². The van der Waals surface area contributed by atoms with Crippen molar-refractivity contribution in [3.63, 3.8) is 0 Å². The average Bonchev–Trinajstić information content (AvgIpc) is 2.99. The molecule has 0 saturated carbocycles. The lowest BCUT2D eigenvalue weighted by molar-refractivity contribution is -0.142. The third-order valence-corrected chi connectivity index (χ3v) is 5.71. The van der Waals surface area contributed by atoms with Crippen molar-refractivity contribution < 1.29 is 14.3 Å². The van der Waals surface area contributed by atoms with Crippen LogP contribution in [-0.2, 0) is 22.6 Å². The van der Waals surface area contributed by atoms with E-state index in [9.17, 15) is 4.79 Å². The number of carbonyl (C=O) groups is 1. The smallest absolute Gasteiger partial charge is 0.311 e. The van der Waals surface area contributed by atoms with Crippen LogP contribution < -0.4 is 4.74 Å². The molecule has 0 amide bonds. The highest BCUT2D eigenvalue weighted by Crippen LogP contribution is 2.42. The number of aromatic nitrogens is 3. The SMILES string of the molecule is CCOC(=O)Cc1[nH]c2ccc(OCc3cnc(C)cn3)c(C)c2c1SC(C)(C)C. The van der Waals surface area contributed by atoms with Crippen LogP contribution in [-0.4, -0.2) is 32.3 Å². The number of aromatic amines is 1. The first-order valence-corrected chi connectivity index (χ1v) is 10.9. The molecule has 7 heteroatoms. The molecule has 160 valence electrons. The van der Waals surface area contributed by atoms with Gasteiger partial charge in [-0.25, -0.2) is 0 Å². The lowest BCUT2D eigenvalue weighted by atomic mass is 10.1. The molecule has 1 N–H and O–H groups in total. The fourth-order valence-corrected chi connectivity index (χ4v) is 4.38. The molecule has 0 radical (unpaired) electrons. The molecule has 30 heavy (non-hydrogen) atoms. The Labute approximate surface area is 181 Å². The summed E-state index contributed by atoms with van der Waals surface area (Å²) in [6.07, 6.45) is 3.69. The second-order valence-electron chi connectivity index (χ2n) is 8.18. The van der Waals surface area contributed by atoms with Gasteiger partial charge in [-0.05, 0) is 32.9 Å². The molecule has 0 spiro atoms. The van der Waals surface area contributed by atoms with Crippen LogP contribution in [0.1, 0.15) is 50.3 Å². The zero-order valence-corrected chi connectivity index (χ0v) is 19.3. The second kappa shape index (κ2) is 9.08. The fraction of sp³-hybridized carbons (Fsp3) is 0.435. The molecule has 0 unspecified atom stereocenters. The molecule has 0 fully saturated rings. The number of nitrogens with zero attached hydrogens (tertiary/aromatic N) is 2. The summed E-state index contributed by atoms with van der Waals surface area (Å²) in [7, 11) is 0. The zero-order chi connectivity index (χ0) is 21.9. The second-order valence-corrected chi connectivity index (χ2v) is 10.0. The predicted molar refractivity (Wildman–Crippen MR) is 120 cm³/mol. The highest BCUT2D eigenvalue weighted by molar-refractivity contribution is 8.00. The Kier molecular flexibility index (Phi) is 6.71. The molecule has 2 aromatic heterocycles. The number of thioether (sulfide) groups is 1. The number of ether oxygens (including phenoxy) is 2. The molecule has 0 aliphatic heterocycles. The molecule has 0 aliphatic carbocycles. The zero-order valence-electron chi connectivity index (χ0n) is 18.5. The number of hydrogen-bond acceptors (Lipinski definition) is 6. The first-order chi connectivity index (χ1) is 14.2. The normalized spacial score (nSPS) is 11.7. The number of hydrogen-bond donors (Lipinski definition) is 1. The van der Waals surface area contributed by atoms with E-state index in [1.54, 1.807) is 24.2 Å². The van der Waals surface area contributed by atoms with Crippen molar-refractivity contribution in [3.05, 3.63) is 47.2 Å². The first kappa shape index (κ1) is 22.2. The molecule has 0 aliphatic rings. The Balaban J connectivity index is 1.97. The summed E-state index contributed by atoms with van der Waals surface area (Å²) >= 11 is 1.75. The van der Waals surface area contributed by atoms with Gasteiger partial charge in [0, 0.05) is 38.0 Å². The summed E-state index contributed by atoms with van der Waals surface area (Å²) in [5, 5.41) is 1.08. The van der Waals surface area contributed by atoms with E-state index in [2.05, 4.69) is 35.7 Å². The van der Waals surface area contributed by atoms with Crippen molar-refractivity contribution in [2.24, 2.45) is 0 Å². The molecule has 3 rings (SSSR count). The summed E-state index contributed by atoms with van der Waals surface area (Å²) in [6, 6.07) is 3.95. The topological polar surface area (TPSA) is 77.1 Å². The molecular weight excluding hydrogens is 398 g/mol. The van der Waals surface area contributed by atoms with E-state index in [4.69, 9.17) is 9.47 Å². The van der Waals surface area contributed by atoms with Crippen molar-refractivity contribution >= 4 is 28.6 Å². The van der Waals surface area contributed by atoms with Crippen LogP contribution in [0.4, 0.5) is 0 Å². The molecular formula is C23H29N3O3S. The number of rotatable bonds is 7. The van der Waals surface area contributed by atoms with Crippen molar-refractivity contribution in [2.45, 2.75) is 64.2 Å². The summed E-state index contributed by atoms with van der Waals surface area (Å²) in [5.41, 5.74) is 4.56. The van der Waals surface area contributed by atoms with Crippen LogP contribution in [0.15, 0.2) is 29.4 Å². The highest BCUT2D eigenvalue weighted by atomic mass is 32.2. The summed E-state index contributed by atoms with van der Waals surface area (Å²) in [6.45, 7) is 13.0. The van der Waals surface area contributed by atoms with E-state index in [1.165, 1.54) is 0 Å². The van der Waals surface area contributed by atoms with Gasteiger partial charge in [0.1, 0.15) is 12.4 Å². The Bertz CT molecular complexity index is 1040. The number of aryl methyl sites for hydroxylation is 2. The summed E-state index contributed by atoms with van der Waals surface area (Å²) < 4.78 is 11.2. The van der Waals surface area contributed by atoms with Crippen LogP contribution in [0.5, 0.6) is 5.75 Å². The van der Waals surface area contributed by atoms with Crippen LogP contribution >= 0.6 is 11.8 Å². The lowest BCUT2D eigenvalue weighted by Crippen LogP contribution is -2.11. The Morgan fingerprint density at radius 1 is 1.17 bits per heavy atom. The number of nitrogens with one attached hydrogen (secondary N) is 1. The third kappa shape index (κ3) is 5.33. The van der Waals surface area contributed by atoms with Crippen LogP contribution in [0, 0.1) is 13.8 Å². The van der Waals surface area contributed by atoms with Gasteiger partial charge in [0.15, 0.2) is 0 Å². The number of fused-ring (bicyclic) bond motifs is 1. The molecule has 3 aromatic rings. The van der Waals surface area contributed by atoms with Gasteiger partial charge < -0.3 is 14.5 Å². The monoisotopic (exact) mass is 427 g/mol. The predicted octanol–water partition coefficient (Wildman–Crippen LogP) is 5.15. The minimum atomic E-state index is -0.230.